The van der Waals surface area contributed by atoms with Gasteiger partial charge in [0.05, 0.1) is 29.7 Å². The monoisotopic (exact) mass is 342 g/mol. The number of fused-ring (bicyclic) bond motifs is 1. The first kappa shape index (κ1) is 15.2. The van der Waals surface area contributed by atoms with Gasteiger partial charge in [-0.2, -0.15) is 5.10 Å². The first-order valence-corrected chi connectivity index (χ1v) is 7.42. The minimum atomic E-state index is -0.774. The van der Waals surface area contributed by atoms with Crippen molar-refractivity contribution in [1.29, 1.82) is 0 Å². The number of rotatable bonds is 3. The smallest absolute Gasteiger partial charge is 0.257 e. The SMILES string of the molecule is Cn1cc(Nc2nc(-c3c(F)cccc3F)nc3c2C(=O)NC3)cn1. The summed E-state index contributed by atoms with van der Waals surface area (Å²) >= 11 is 0. The molecule has 3 aromatic rings. The lowest BCUT2D eigenvalue weighted by molar-refractivity contribution is 0.0966. The van der Waals surface area contributed by atoms with E-state index >= 15 is 0 Å². The lowest BCUT2D eigenvalue weighted by Crippen LogP contribution is -2.14. The molecule has 0 atom stereocenters. The van der Waals surface area contributed by atoms with E-state index in [1.807, 2.05) is 0 Å². The highest BCUT2D eigenvalue weighted by atomic mass is 19.1. The van der Waals surface area contributed by atoms with Crippen LogP contribution in [0, 0.1) is 11.6 Å². The molecule has 7 nitrogen and oxygen atoms in total. The van der Waals surface area contributed by atoms with Crippen molar-refractivity contribution in [3.05, 3.63) is 53.5 Å². The van der Waals surface area contributed by atoms with Crippen LogP contribution in [-0.4, -0.2) is 25.7 Å². The van der Waals surface area contributed by atoms with Gasteiger partial charge in [0.1, 0.15) is 23.0 Å². The van der Waals surface area contributed by atoms with Crippen LogP contribution in [0.25, 0.3) is 11.4 Å². The molecule has 0 bridgehead atoms. The Balaban J connectivity index is 1.88. The number of nitrogens with zero attached hydrogens (tertiary/aromatic N) is 4. The largest absolute Gasteiger partial charge is 0.346 e. The third kappa shape index (κ3) is 2.59. The van der Waals surface area contributed by atoms with E-state index in [1.54, 1.807) is 24.1 Å². The maximum absolute atomic E-state index is 14.1. The molecular formula is C16H12F2N6O. The molecule has 0 fully saturated rings. The Hall–Kier alpha value is -3.36. The van der Waals surface area contributed by atoms with Crippen LogP contribution < -0.4 is 10.6 Å². The number of benzene rings is 1. The fourth-order valence-electron chi connectivity index (χ4n) is 2.66. The van der Waals surface area contributed by atoms with Gasteiger partial charge in [-0.1, -0.05) is 6.07 Å². The van der Waals surface area contributed by atoms with E-state index in [0.29, 0.717) is 11.4 Å². The zero-order chi connectivity index (χ0) is 17.6. The Morgan fingerprint density at radius 2 is 1.96 bits per heavy atom. The van der Waals surface area contributed by atoms with Gasteiger partial charge in [-0.15, -0.1) is 0 Å². The van der Waals surface area contributed by atoms with E-state index < -0.39 is 11.6 Å². The number of carbonyl (C=O) groups is 1. The summed E-state index contributed by atoms with van der Waals surface area (Å²) in [7, 11) is 1.74. The van der Waals surface area contributed by atoms with E-state index in [4.69, 9.17) is 0 Å². The summed E-state index contributed by atoms with van der Waals surface area (Å²) < 4.78 is 29.8. The lowest BCUT2D eigenvalue weighted by Gasteiger charge is -2.10. The van der Waals surface area contributed by atoms with Crippen LogP contribution in [0.15, 0.2) is 30.6 Å². The van der Waals surface area contributed by atoms with Crippen molar-refractivity contribution in [3.63, 3.8) is 0 Å². The van der Waals surface area contributed by atoms with E-state index in [1.165, 1.54) is 6.07 Å². The molecule has 0 saturated carbocycles. The summed E-state index contributed by atoms with van der Waals surface area (Å²) in [6.45, 7) is 0.168. The molecule has 2 aromatic heterocycles. The molecule has 4 rings (SSSR count). The first-order valence-electron chi connectivity index (χ1n) is 7.42. The summed E-state index contributed by atoms with van der Waals surface area (Å²) in [5, 5.41) is 9.62. The molecule has 0 radical (unpaired) electrons. The first-order chi connectivity index (χ1) is 12.0. The van der Waals surface area contributed by atoms with Crippen LogP contribution in [0.3, 0.4) is 0 Å². The normalized spacial score (nSPS) is 12.8. The zero-order valence-electron chi connectivity index (χ0n) is 13.0. The molecule has 1 aliphatic rings. The highest BCUT2D eigenvalue weighted by Gasteiger charge is 2.28. The third-order valence-corrected chi connectivity index (χ3v) is 3.78. The van der Waals surface area contributed by atoms with Gasteiger partial charge in [-0.25, -0.2) is 18.7 Å². The number of aryl methyl sites for hydroxylation is 1. The quantitative estimate of drug-likeness (QED) is 0.762. The number of nitrogens with one attached hydrogen (secondary N) is 2. The Kier molecular flexibility index (Phi) is 3.41. The molecule has 1 aromatic carbocycles. The van der Waals surface area contributed by atoms with Gasteiger partial charge < -0.3 is 10.6 Å². The number of amides is 1. The summed E-state index contributed by atoms with van der Waals surface area (Å²) in [5.74, 6) is -1.85. The fraction of sp³-hybridized carbons (Fsp3) is 0.125. The Morgan fingerprint density at radius 3 is 2.64 bits per heavy atom. The third-order valence-electron chi connectivity index (χ3n) is 3.78. The van der Waals surface area contributed by atoms with Crippen molar-refractivity contribution in [2.24, 2.45) is 7.05 Å². The van der Waals surface area contributed by atoms with Gasteiger partial charge in [-0.05, 0) is 12.1 Å². The van der Waals surface area contributed by atoms with Crippen molar-refractivity contribution in [2.75, 3.05) is 5.32 Å². The minimum Gasteiger partial charge on any atom is -0.346 e. The van der Waals surface area contributed by atoms with Crippen LogP contribution in [0.5, 0.6) is 0 Å². The second kappa shape index (κ2) is 5.62. The molecular weight excluding hydrogens is 330 g/mol. The number of hydrogen-bond donors (Lipinski definition) is 2. The Labute approximate surface area is 140 Å². The van der Waals surface area contributed by atoms with Crippen LogP contribution in [-0.2, 0) is 13.6 Å². The van der Waals surface area contributed by atoms with Crippen molar-refractivity contribution >= 4 is 17.4 Å². The molecule has 0 aliphatic carbocycles. The van der Waals surface area contributed by atoms with E-state index in [2.05, 4.69) is 25.7 Å². The second-order valence-electron chi connectivity index (χ2n) is 5.52. The van der Waals surface area contributed by atoms with Gasteiger partial charge in [0, 0.05) is 13.2 Å². The summed E-state index contributed by atoms with van der Waals surface area (Å²) in [6.07, 6.45) is 3.23. The maximum Gasteiger partial charge on any atom is 0.257 e. The number of halogens is 2. The van der Waals surface area contributed by atoms with Gasteiger partial charge in [0.2, 0.25) is 0 Å². The molecule has 0 unspecified atom stereocenters. The van der Waals surface area contributed by atoms with E-state index in [0.717, 1.165) is 12.1 Å². The van der Waals surface area contributed by atoms with Crippen LogP contribution >= 0.6 is 0 Å². The average Bonchev–Trinajstić information content (AvgIpc) is 3.13. The molecule has 2 N–H and O–H groups in total. The van der Waals surface area contributed by atoms with Crippen LogP contribution in [0.2, 0.25) is 0 Å². The molecule has 9 heteroatoms. The summed E-state index contributed by atoms with van der Waals surface area (Å²) in [6, 6.07) is 3.53. The lowest BCUT2D eigenvalue weighted by atomic mass is 10.1. The second-order valence-corrected chi connectivity index (χ2v) is 5.52. The van der Waals surface area contributed by atoms with Gasteiger partial charge in [-0.3, -0.25) is 9.48 Å². The predicted molar refractivity (Wildman–Crippen MR) is 85.0 cm³/mol. The Bertz CT molecular complexity index is 980. The maximum atomic E-state index is 14.1. The molecule has 1 aliphatic heterocycles. The molecule has 1 amide bonds. The Morgan fingerprint density at radius 1 is 1.20 bits per heavy atom. The van der Waals surface area contributed by atoms with Crippen molar-refractivity contribution < 1.29 is 13.6 Å². The highest BCUT2D eigenvalue weighted by Crippen LogP contribution is 2.30. The number of anilines is 2. The number of carbonyl (C=O) groups excluding carboxylic acids is 1. The molecule has 25 heavy (non-hydrogen) atoms. The number of aromatic nitrogens is 4. The highest BCUT2D eigenvalue weighted by molar-refractivity contribution is 6.03. The topological polar surface area (TPSA) is 84.7 Å². The number of hydrogen-bond acceptors (Lipinski definition) is 5. The standard InChI is InChI=1S/C16H12F2N6O/c1-24-7-8(5-20-24)21-15-13-11(6-19-16(13)25)22-14(23-15)12-9(17)3-2-4-10(12)18/h2-5,7H,6H2,1H3,(H,19,25)(H,21,22,23). The van der Waals surface area contributed by atoms with Crippen LogP contribution in [0.1, 0.15) is 16.1 Å². The molecule has 0 spiro atoms. The predicted octanol–water partition coefficient (Wildman–Crippen LogP) is 2.14. The summed E-state index contributed by atoms with van der Waals surface area (Å²) in [5.41, 5.74) is 0.885. The molecule has 3 heterocycles. The average molecular weight is 342 g/mol. The van der Waals surface area contributed by atoms with Crippen molar-refractivity contribution in [2.45, 2.75) is 6.54 Å². The zero-order valence-corrected chi connectivity index (χ0v) is 13.0. The van der Waals surface area contributed by atoms with Gasteiger partial charge in [0.15, 0.2) is 5.82 Å². The van der Waals surface area contributed by atoms with Crippen molar-refractivity contribution in [1.82, 2.24) is 25.1 Å². The van der Waals surface area contributed by atoms with Crippen LogP contribution in [0.4, 0.5) is 20.3 Å². The van der Waals surface area contributed by atoms with Crippen molar-refractivity contribution in [3.8, 4) is 11.4 Å². The fourth-order valence-corrected chi connectivity index (χ4v) is 2.66. The van der Waals surface area contributed by atoms with Gasteiger partial charge >= 0.3 is 0 Å². The van der Waals surface area contributed by atoms with Gasteiger partial charge in [0.25, 0.3) is 5.91 Å². The van der Waals surface area contributed by atoms with E-state index in [-0.39, 0.29) is 35.2 Å². The molecule has 126 valence electrons. The van der Waals surface area contributed by atoms with E-state index in [9.17, 15) is 13.6 Å². The molecule has 0 saturated heterocycles. The minimum absolute atomic E-state index is 0.128. The summed E-state index contributed by atoms with van der Waals surface area (Å²) in [4.78, 5) is 20.4.